The second-order valence-electron chi connectivity index (χ2n) is 9.17. The molecular weight excluding hydrogens is 420 g/mol. The van der Waals surface area contributed by atoms with Crippen LogP contribution >= 0.6 is 0 Å². The Morgan fingerprint density at radius 2 is 1.06 bits per heavy atom. The minimum Gasteiger partial charge on any atom is -0.481 e. The zero-order chi connectivity index (χ0) is 24.7. The Morgan fingerprint density at radius 3 is 1.55 bits per heavy atom. The number of hydrogen-bond acceptors (Lipinski definition) is 5. The van der Waals surface area contributed by atoms with Gasteiger partial charge in [-0.3, -0.25) is 14.4 Å². The van der Waals surface area contributed by atoms with E-state index in [4.69, 9.17) is 9.47 Å². The van der Waals surface area contributed by atoms with Crippen LogP contribution in [0.1, 0.15) is 130 Å². The van der Waals surface area contributed by atoms with E-state index in [0.29, 0.717) is 13.0 Å². The van der Waals surface area contributed by atoms with Crippen molar-refractivity contribution in [3.05, 3.63) is 0 Å². The standard InChI is InChI=1S/C27H50O6/c1-4-7-10-13-16-19-23(26(29)30)24(27(31)33-21-18-15-12-9-6-3)22-25(28)32-20-17-14-11-8-5-2/h23-24H,4-22H2,1-3H3,(H,29,30). The highest BCUT2D eigenvalue weighted by Gasteiger charge is 2.36. The number of carboxylic acid groups (broad SMARTS) is 1. The highest BCUT2D eigenvalue weighted by Crippen LogP contribution is 2.26. The van der Waals surface area contributed by atoms with Crippen molar-refractivity contribution in [3.8, 4) is 0 Å². The van der Waals surface area contributed by atoms with Gasteiger partial charge in [0, 0.05) is 0 Å². The number of rotatable bonds is 23. The Bertz CT molecular complexity index is 505. The van der Waals surface area contributed by atoms with Crippen LogP contribution in [0, 0.1) is 11.8 Å². The van der Waals surface area contributed by atoms with Crippen molar-refractivity contribution in [3.63, 3.8) is 0 Å². The fourth-order valence-corrected chi connectivity index (χ4v) is 3.97. The molecule has 0 aliphatic heterocycles. The maximum atomic E-state index is 12.8. The molecule has 0 heterocycles. The second-order valence-corrected chi connectivity index (χ2v) is 9.17. The van der Waals surface area contributed by atoms with Crippen molar-refractivity contribution in [2.24, 2.45) is 11.8 Å². The van der Waals surface area contributed by atoms with E-state index in [1.165, 1.54) is 6.42 Å². The van der Waals surface area contributed by atoms with E-state index in [2.05, 4.69) is 20.8 Å². The molecule has 194 valence electrons. The zero-order valence-electron chi connectivity index (χ0n) is 21.6. The molecule has 0 radical (unpaired) electrons. The fourth-order valence-electron chi connectivity index (χ4n) is 3.97. The van der Waals surface area contributed by atoms with Crippen LogP contribution < -0.4 is 0 Å². The van der Waals surface area contributed by atoms with Crippen molar-refractivity contribution in [2.45, 2.75) is 130 Å². The molecule has 0 saturated carbocycles. The zero-order valence-corrected chi connectivity index (χ0v) is 21.6. The van der Waals surface area contributed by atoms with Gasteiger partial charge in [0.25, 0.3) is 0 Å². The van der Waals surface area contributed by atoms with Crippen molar-refractivity contribution >= 4 is 17.9 Å². The molecule has 0 bridgehead atoms. The average molecular weight is 471 g/mol. The van der Waals surface area contributed by atoms with Gasteiger partial charge in [0.15, 0.2) is 0 Å². The fraction of sp³-hybridized carbons (Fsp3) is 0.889. The van der Waals surface area contributed by atoms with E-state index >= 15 is 0 Å². The molecule has 0 aliphatic rings. The number of ether oxygens (including phenoxy) is 2. The molecular formula is C27H50O6. The SMILES string of the molecule is CCCCCCCOC(=O)CC(C(=O)OCCCCCCC)C(CCCCCCC)C(=O)O. The van der Waals surface area contributed by atoms with Crippen LogP contribution in [-0.2, 0) is 23.9 Å². The Hall–Kier alpha value is -1.59. The summed E-state index contributed by atoms with van der Waals surface area (Å²) < 4.78 is 10.7. The molecule has 0 saturated heterocycles. The summed E-state index contributed by atoms with van der Waals surface area (Å²) in [6, 6.07) is 0. The normalized spacial score (nSPS) is 12.8. The highest BCUT2D eigenvalue weighted by atomic mass is 16.5. The third-order valence-corrected chi connectivity index (χ3v) is 6.11. The number of esters is 2. The van der Waals surface area contributed by atoms with Gasteiger partial charge in [-0.15, -0.1) is 0 Å². The Morgan fingerprint density at radius 1 is 0.606 bits per heavy atom. The van der Waals surface area contributed by atoms with Gasteiger partial charge in [0.1, 0.15) is 0 Å². The minimum atomic E-state index is -1.04. The lowest BCUT2D eigenvalue weighted by molar-refractivity contribution is -0.162. The summed E-state index contributed by atoms with van der Waals surface area (Å²) >= 11 is 0. The summed E-state index contributed by atoms with van der Waals surface area (Å²) in [6.45, 7) is 7.00. The third-order valence-electron chi connectivity index (χ3n) is 6.11. The maximum absolute atomic E-state index is 12.8. The summed E-state index contributed by atoms with van der Waals surface area (Å²) in [5, 5.41) is 9.81. The lowest BCUT2D eigenvalue weighted by atomic mass is 9.85. The summed E-state index contributed by atoms with van der Waals surface area (Å²) in [5.74, 6) is -4.03. The first kappa shape index (κ1) is 31.4. The molecule has 1 N–H and O–H groups in total. The molecule has 6 nitrogen and oxygen atoms in total. The number of aliphatic carboxylic acids is 1. The summed E-state index contributed by atoms with van der Waals surface area (Å²) in [7, 11) is 0. The maximum Gasteiger partial charge on any atom is 0.310 e. The molecule has 0 spiro atoms. The van der Waals surface area contributed by atoms with Gasteiger partial charge >= 0.3 is 17.9 Å². The Labute approximate surface area is 202 Å². The highest BCUT2D eigenvalue weighted by molar-refractivity contribution is 5.85. The van der Waals surface area contributed by atoms with Crippen LogP contribution in [0.15, 0.2) is 0 Å². The van der Waals surface area contributed by atoms with E-state index in [-0.39, 0.29) is 13.0 Å². The summed E-state index contributed by atoms with van der Waals surface area (Å²) in [5.41, 5.74) is 0. The molecule has 0 aliphatic carbocycles. The van der Waals surface area contributed by atoms with Crippen LogP contribution in [0.25, 0.3) is 0 Å². The van der Waals surface area contributed by atoms with Crippen LogP contribution in [-0.4, -0.2) is 36.2 Å². The third kappa shape index (κ3) is 17.5. The van der Waals surface area contributed by atoms with Crippen LogP contribution in [0.3, 0.4) is 0 Å². The van der Waals surface area contributed by atoms with E-state index < -0.39 is 29.7 Å². The van der Waals surface area contributed by atoms with Crippen molar-refractivity contribution in [1.82, 2.24) is 0 Å². The molecule has 6 heteroatoms. The minimum absolute atomic E-state index is 0.227. The molecule has 0 rings (SSSR count). The van der Waals surface area contributed by atoms with Crippen LogP contribution in [0.2, 0.25) is 0 Å². The van der Waals surface area contributed by atoms with Gasteiger partial charge in [0.2, 0.25) is 0 Å². The van der Waals surface area contributed by atoms with Gasteiger partial charge in [-0.25, -0.2) is 0 Å². The van der Waals surface area contributed by atoms with Gasteiger partial charge in [-0.2, -0.15) is 0 Å². The van der Waals surface area contributed by atoms with Gasteiger partial charge in [-0.05, 0) is 19.3 Å². The summed E-state index contributed by atoms with van der Waals surface area (Å²) in [6.07, 6.45) is 15.4. The lowest BCUT2D eigenvalue weighted by Gasteiger charge is -2.22. The van der Waals surface area contributed by atoms with E-state index in [0.717, 1.165) is 89.9 Å². The molecule has 0 aromatic carbocycles. The molecule has 33 heavy (non-hydrogen) atoms. The number of carbonyl (C=O) groups excluding carboxylic acids is 2. The number of unbranched alkanes of at least 4 members (excludes halogenated alkanes) is 12. The Balaban J connectivity index is 4.83. The average Bonchev–Trinajstić information content (AvgIpc) is 2.79. The lowest BCUT2D eigenvalue weighted by Crippen LogP contribution is -2.34. The van der Waals surface area contributed by atoms with E-state index in [9.17, 15) is 19.5 Å². The Kier molecular flexibility index (Phi) is 21.1. The first-order valence-electron chi connectivity index (χ1n) is 13.5. The van der Waals surface area contributed by atoms with Crippen LogP contribution in [0.4, 0.5) is 0 Å². The molecule has 0 fully saturated rings. The largest absolute Gasteiger partial charge is 0.481 e. The monoisotopic (exact) mass is 470 g/mol. The molecule has 2 unspecified atom stereocenters. The van der Waals surface area contributed by atoms with E-state index in [1.807, 2.05) is 0 Å². The van der Waals surface area contributed by atoms with Gasteiger partial charge in [0.05, 0.1) is 31.5 Å². The number of hydrogen-bond donors (Lipinski definition) is 1. The van der Waals surface area contributed by atoms with Gasteiger partial charge in [-0.1, -0.05) is 104 Å². The first-order valence-corrected chi connectivity index (χ1v) is 13.5. The second kappa shape index (κ2) is 22.2. The predicted octanol–water partition coefficient (Wildman–Crippen LogP) is 7.08. The molecule has 0 aromatic rings. The first-order chi connectivity index (χ1) is 16.0. The van der Waals surface area contributed by atoms with Crippen LogP contribution in [0.5, 0.6) is 0 Å². The summed E-state index contributed by atoms with van der Waals surface area (Å²) in [4.78, 5) is 37.2. The molecule has 0 amide bonds. The topological polar surface area (TPSA) is 89.9 Å². The quantitative estimate of drug-likeness (QED) is 0.127. The molecule has 0 aromatic heterocycles. The number of carbonyl (C=O) groups is 3. The molecule has 2 atom stereocenters. The predicted molar refractivity (Wildman–Crippen MR) is 132 cm³/mol. The van der Waals surface area contributed by atoms with E-state index in [1.54, 1.807) is 0 Å². The number of carboxylic acids is 1. The van der Waals surface area contributed by atoms with Crippen molar-refractivity contribution < 1.29 is 29.0 Å². The van der Waals surface area contributed by atoms with Crippen molar-refractivity contribution in [1.29, 1.82) is 0 Å². The smallest absolute Gasteiger partial charge is 0.310 e. The van der Waals surface area contributed by atoms with Crippen molar-refractivity contribution in [2.75, 3.05) is 13.2 Å². The van der Waals surface area contributed by atoms with Gasteiger partial charge < -0.3 is 14.6 Å².